The zero-order valence-corrected chi connectivity index (χ0v) is 9.76. The van der Waals surface area contributed by atoms with E-state index in [1.807, 2.05) is 12.3 Å². The second-order valence-corrected chi connectivity index (χ2v) is 5.29. The van der Waals surface area contributed by atoms with Crippen LogP contribution < -0.4 is 11.2 Å². The number of nitrogens with one attached hydrogen (secondary N) is 1. The standard InChI is InChI=1S/C11H12N2O2S/c1-6-5-16-9-8(6)10(14)13(11(15)12-9)4-7-2-3-7/h5,7H,2-4H2,1H3,(H,12,15). The Bertz CT molecular complexity index is 661. The Balaban J connectivity index is 2.30. The molecule has 0 saturated heterocycles. The van der Waals surface area contributed by atoms with Gasteiger partial charge >= 0.3 is 5.69 Å². The molecule has 0 bridgehead atoms. The van der Waals surface area contributed by atoms with Gasteiger partial charge in [-0.05, 0) is 36.6 Å². The highest BCUT2D eigenvalue weighted by atomic mass is 32.1. The van der Waals surface area contributed by atoms with Gasteiger partial charge in [0, 0.05) is 6.54 Å². The lowest BCUT2D eigenvalue weighted by molar-refractivity contribution is 0.582. The Labute approximate surface area is 95.5 Å². The number of thiophene rings is 1. The van der Waals surface area contributed by atoms with Crippen LogP contribution in [0.15, 0.2) is 15.0 Å². The monoisotopic (exact) mass is 236 g/mol. The molecule has 1 N–H and O–H groups in total. The Morgan fingerprint density at radius 3 is 2.94 bits per heavy atom. The smallest absolute Gasteiger partial charge is 0.298 e. The minimum Gasteiger partial charge on any atom is -0.298 e. The van der Waals surface area contributed by atoms with Crippen molar-refractivity contribution in [3.63, 3.8) is 0 Å². The van der Waals surface area contributed by atoms with E-state index in [-0.39, 0.29) is 11.2 Å². The van der Waals surface area contributed by atoms with Crippen LogP contribution in [0.3, 0.4) is 0 Å². The van der Waals surface area contributed by atoms with Crippen LogP contribution in [0.1, 0.15) is 18.4 Å². The molecule has 0 amide bonds. The molecule has 84 valence electrons. The van der Waals surface area contributed by atoms with Crippen molar-refractivity contribution in [2.24, 2.45) is 5.92 Å². The van der Waals surface area contributed by atoms with Gasteiger partial charge in [-0.2, -0.15) is 0 Å². The van der Waals surface area contributed by atoms with Gasteiger partial charge in [-0.1, -0.05) is 0 Å². The molecule has 1 aliphatic rings. The molecule has 0 aromatic carbocycles. The first-order valence-corrected chi connectivity index (χ1v) is 6.25. The second kappa shape index (κ2) is 3.31. The van der Waals surface area contributed by atoms with Crippen molar-refractivity contribution in [3.8, 4) is 0 Å². The van der Waals surface area contributed by atoms with E-state index in [0.717, 1.165) is 18.4 Å². The molecule has 0 unspecified atom stereocenters. The predicted molar refractivity (Wildman–Crippen MR) is 64.2 cm³/mol. The molecule has 5 heteroatoms. The minimum atomic E-state index is -0.272. The van der Waals surface area contributed by atoms with Gasteiger partial charge in [-0.25, -0.2) is 4.79 Å². The van der Waals surface area contributed by atoms with E-state index in [2.05, 4.69) is 4.98 Å². The number of hydrogen-bond acceptors (Lipinski definition) is 3. The largest absolute Gasteiger partial charge is 0.329 e. The van der Waals surface area contributed by atoms with E-state index in [4.69, 9.17) is 0 Å². The molecule has 0 aliphatic heterocycles. The molecule has 0 spiro atoms. The first-order chi connectivity index (χ1) is 7.66. The van der Waals surface area contributed by atoms with Crippen molar-refractivity contribution in [2.75, 3.05) is 0 Å². The van der Waals surface area contributed by atoms with Gasteiger partial charge in [0.05, 0.1) is 5.39 Å². The van der Waals surface area contributed by atoms with Crippen LogP contribution in [-0.4, -0.2) is 9.55 Å². The molecule has 2 aromatic rings. The summed E-state index contributed by atoms with van der Waals surface area (Å²) in [5.41, 5.74) is 0.543. The third-order valence-electron chi connectivity index (χ3n) is 3.04. The minimum absolute atomic E-state index is 0.135. The van der Waals surface area contributed by atoms with Crippen molar-refractivity contribution in [1.82, 2.24) is 9.55 Å². The van der Waals surface area contributed by atoms with Gasteiger partial charge in [-0.3, -0.25) is 14.3 Å². The first kappa shape index (κ1) is 9.84. The van der Waals surface area contributed by atoms with E-state index in [1.165, 1.54) is 15.9 Å². The van der Waals surface area contributed by atoms with Crippen LogP contribution >= 0.6 is 11.3 Å². The average Bonchev–Trinajstić information content (AvgIpc) is 2.98. The van der Waals surface area contributed by atoms with Gasteiger partial charge in [0.15, 0.2) is 0 Å². The topological polar surface area (TPSA) is 54.9 Å². The quantitative estimate of drug-likeness (QED) is 0.858. The fraction of sp³-hybridized carbons (Fsp3) is 0.455. The Morgan fingerprint density at radius 2 is 2.25 bits per heavy atom. The zero-order chi connectivity index (χ0) is 11.3. The van der Waals surface area contributed by atoms with Crippen LogP contribution in [0.25, 0.3) is 10.2 Å². The first-order valence-electron chi connectivity index (χ1n) is 5.37. The van der Waals surface area contributed by atoms with Crippen molar-refractivity contribution >= 4 is 21.6 Å². The van der Waals surface area contributed by atoms with Gasteiger partial charge in [0.1, 0.15) is 4.83 Å². The van der Waals surface area contributed by atoms with Crippen molar-refractivity contribution in [2.45, 2.75) is 26.3 Å². The molecule has 2 aromatic heterocycles. The number of aromatic nitrogens is 2. The summed E-state index contributed by atoms with van der Waals surface area (Å²) in [5, 5.41) is 2.58. The normalized spacial score (nSPS) is 15.8. The summed E-state index contributed by atoms with van der Waals surface area (Å²) < 4.78 is 1.35. The Hall–Kier alpha value is -1.36. The number of hydrogen-bond donors (Lipinski definition) is 1. The highest BCUT2D eigenvalue weighted by molar-refractivity contribution is 7.16. The number of aromatic amines is 1. The van der Waals surface area contributed by atoms with E-state index in [9.17, 15) is 9.59 Å². The predicted octanol–water partition coefficient (Wildman–Crippen LogP) is 1.47. The maximum Gasteiger partial charge on any atom is 0.329 e. The third-order valence-corrected chi connectivity index (χ3v) is 4.05. The van der Waals surface area contributed by atoms with Gasteiger partial charge in [0.2, 0.25) is 0 Å². The fourth-order valence-corrected chi connectivity index (χ4v) is 2.84. The molecule has 16 heavy (non-hydrogen) atoms. The molecule has 4 nitrogen and oxygen atoms in total. The van der Waals surface area contributed by atoms with Crippen LogP contribution in [0.4, 0.5) is 0 Å². The Kier molecular flexibility index (Phi) is 2.04. The van der Waals surface area contributed by atoms with Gasteiger partial charge in [-0.15, -0.1) is 11.3 Å². The maximum atomic E-state index is 12.1. The summed E-state index contributed by atoms with van der Waals surface area (Å²) in [6.07, 6.45) is 2.26. The summed E-state index contributed by atoms with van der Waals surface area (Å²) in [7, 11) is 0. The van der Waals surface area contributed by atoms with Crippen LogP contribution in [0.5, 0.6) is 0 Å². The highest BCUT2D eigenvalue weighted by Crippen LogP contribution is 2.29. The molecule has 2 heterocycles. The fourth-order valence-electron chi connectivity index (χ4n) is 1.92. The van der Waals surface area contributed by atoms with Crippen molar-refractivity contribution in [3.05, 3.63) is 31.8 Å². The van der Waals surface area contributed by atoms with Crippen molar-refractivity contribution in [1.29, 1.82) is 0 Å². The van der Waals surface area contributed by atoms with E-state index in [1.54, 1.807) is 0 Å². The highest BCUT2D eigenvalue weighted by Gasteiger charge is 2.24. The molecule has 0 atom stereocenters. The van der Waals surface area contributed by atoms with E-state index < -0.39 is 0 Å². The second-order valence-electron chi connectivity index (χ2n) is 4.41. The summed E-state index contributed by atoms with van der Waals surface area (Å²) in [6, 6.07) is 0. The molecule has 1 fully saturated rings. The lowest BCUT2D eigenvalue weighted by Gasteiger charge is -2.03. The van der Waals surface area contributed by atoms with Gasteiger partial charge < -0.3 is 0 Å². The zero-order valence-electron chi connectivity index (χ0n) is 8.95. The summed E-state index contributed by atoms with van der Waals surface area (Å²) in [6.45, 7) is 2.47. The lowest BCUT2D eigenvalue weighted by Crippen LogP contribution is -2.35. The van der Waals surface area contributed by atoms with Gasteiger partial charge in [0.25, 0.3) is 5.56 Å². The van der Waals surface area contributed by atoms with Crippen molar-refractivity contribution < 1.29 is 0 Å². The molecular weight excluding hydrogens is 224 g/mol. The summed E-state index contributed by atoms with van der Waals surface area (Å²) in [5.74, 6) is 0.523. The third kappa shape index (κ3) is 1.43. The molecule has 0 radical (unpaired) electrons. The maximum absolute atomic E-state index is 12.1. The number of rotatable bonds is 2. The molecular formula is C11H12N2O2S. The van der Waals surface area contributed by atoms with E-state index >= 15 is 0 Å². The van der Waals surface area contributed by atoms with Crippen LogP contribution in [0.2, 0.25) is 0 Å². The number of H-pyrrole nitrogens is 1. The average molecular weight is 236 g/mol. The summed E-state index contributed by atoms with van der Waals surface area (Å²) in [4.78, 5) is 27.4. The molecule has 1 aliphatic carbocycles. The molecule has 3 rings (SSSR count). The van der Waals surface area contributed by atoms with Crippen LogP contribution in [0, 0.1) is 12.8 Å². The molecule has 1 saturated carbocycles. The summed E-state index contributed by atoms with van der Waals surface area (Å²) >= 11 is 1.42. The van der Waals surface area contributed by atoms with Crippen LogP contribution in [-0.2, 0) is 6.54 Å². The number of nitrogens with zero attached hydrogens (tertiary/aromatic N) is 1. The lowest BCUT2D eigenvalue weighted by atomic mass is 10.2. The Morgan fingerprint density at radius 1 is 1.50 bits per heavy atom. The van der Waals surface area contributed by atoms with E-state index in [0.29, 0.717) is 22.7 Å². The SMILES string of the molecule is Cc1csc2[nH]c(=O)n(CC3CC3)c(=O)c12. The number of fused-ring (bicyclic) bond motifs is 1. The number of aryl methyl sites for hydroxylation is 1.